The summed E-state index contributed by atoms with van der Waals surface area (Å²) in [6.45, 7) is 0. The predicted octanol–water partition coefficient (Wildman–Crippen LogP) is 13.0. The summed E-state index contributed by atoms with van der Waals surface area (Å²) in [6.07, 6.45) is 0. The van der Waals surface area contributed by atoms with Gasteiger partial charge < -0.3 is 0 Å². The highest BCUT2D eigenvalue weighted by atomic mass is 32.1. The Balaban J connectivity index is 1.25. The molecule has 7 aromatic carbocycles. The summed E-state index contributed by atoms with van der Waals surface area (Å²) in [4.78, 5) is 0. The Morgan fingerprint density at radius 1 is 0.348 bits per heavy atom. The molecule has 0 N–H and O–H groups in total. The number of hydrogen-bond donors (Lipinski definition) is 0. The molecule has 0 saturated heterocycles. The van der Waals surface area contributed by atoms with E-state index in [1.807, 2.05) is 40.9 Å². The molecule has 0 spiro atoms. The second-order valence-corrected chi connectivity index (χ2v) is 13.8. The summed E-state index contributed by atoms with van der Waals surface area (Å²) in [5, 5.41) is 15.1. The number of rotatable bonds is 4. The van der Waals surface area contributed by atoms with E-state index in [0.29, 0.717) is 5.56 Å². The molecule has 9 aromatic rings. The quantitative estimate of drug-likeness (QED) is 0.192. The normalized spacial score (nSPS) is 11.5. The maximum atomic E-state index is 10.0. The maximum Gasteiger partial charge on any atom is 0.0998 e. The fourth-order valence-electron chi connectivity index (χ4n) is 6.62. The van der Waals surface area contributed by atoms with Crippen LogP contribution in [0.4, 0.5) is 0 Å². The first-order chi connectivity index (χ1) is 22.7. The van der Waals surface area contributed by atoms with E-state index in [2.05, 4.69) is 140 Å². The molecule has 46 heavy (non-hydrogen) atoms. The van der Waals surface area contributed by atoms with E-state index < -0.39 is 0 Å². The zero-order valence-corrected chi connectivity index (χ0v) is 26.3. The van der Waals surface area contributed by atoms with Crippen molar-refractivity contribution in [3.63, 3.8) is 0 Å². The second-order valence-electron chi connectivity index (χ2n) is 11.7. The van der Waals surface area contributed by atoms with Gasteiger partial charge in [0.25, 0.3) is 0 Å². The summed E-state index contributed by atoms with van der Waals surface area (Å²) in [5.74, 6) is 0. The van der Waals surface area contributed by atoms with E-state index in [1.54, 1.807) is 0 Å². The molecule has 9 rings (SSSR count). The molecule has 0 saturated carbocycles. The van der Waals surface area contributed by atoms with Gasteiger partial charge in [0.05, 0.1) is 11.6 Å². The van der Waals surface area contributed by atoms with E-state index in [-0.39, 0.29) is 0 Å². The molecule has 0 amide bonds. The third-order valence-electron chi connectivity index (χ3n) is 8.91. The van der Waals surface area contributed by atoms with Crippen LogP contribution in [-0.2, 0) is 0 Å². The first-order valence-electron chi connectivity index (χ1n) is 15.3. The van der Waals surface area contributed by atoms with Crippen molar-refractivity contribution in [3.05, 3.63) is 157 Å². The van der Waals surface area contributed by atoms with Crippen molar-refractivity contribution in [1.82, 2.24) is 0 Å². The summed E-state index contributed by atoms with van der Waals surface area (Å²) < 4.78 is 5.17. The average molecular weight is 620 g/mol. The van der Waals surface area contributed by atoms with Crippen molar-refractivity contribution in [2.75, 3.05) is 0 Å². The maximum absolute atomic E-state index is 10.0. The minimum Gasteiger partial charge on any atom is -0.192 e. The van der Waals surface area contributed by atoms with Crippen LogP contribution >= 0.6 is 22.7 Å². The van der Waals surface area contributed by atoms with E-state index in [9.17, 15) is 5.26 Å². The molecule has 0 radical (unpaired) electrons. The van der Waals surface area contributed by atoms with Gasteiger partial charge in [-0.05, 0) is 111 Å². The molecule has 3 heteroatoms. The largest absolute Gasteiger partial charge is 0.192 e. The Bertz CT molecular complexity index is 2650. The molecule has 0 unspecified atom stereocenters. The Morgan fingerprint density at radius 3 is 1.46 bits per heavy atom. The Kier molecular flexibility index (Phi) is 6.31. The molecule has 0 aliphatic heterocycles. The van der Waals surface area contributed by atoms with Crippen LogP contribution in [0.2, 0.25) is 0 Å². The number of fused-ring (bicyclic) bond motifs is 6. The summed E-state index contributed by atoms with van der Waals surface area (Å²) >= 11 is 3.68. The lowest BCUT2D eigenvalue weighted by Gasteiger charge is -2.13. The highest BCUT2D eigenvalue weighted by Gasteiger charge is 2.14. The number of nitriles is 1. The third kappa shape index (κ3) is 4.51. The lowest BCUT2D eigenvalue weighted by atomic mass is 9.91. The van der Waals surface area contributed by atoms with Gasteiger partial charge in [-0.3, -0.25) is 0 Å². The number of benzene rings is 7. The smallest absolute Gasteiger partial charge is 0.0998 e. The SMILES string of the molecule is N#Cc1ccccc1-c1cc(-c2ccc3sc4ccccc4c3c2)cc(-c2ccc3sc4ccc(-c5ccccc5)cc4c3c2)c1. The monoisotopic (exact) mass is 619 g/mol. The van der Waals surface area contributed by atoms with Crippen LogP contribution in [-0.4, -0.2) is 0 Å². The lowest BCUT2D eigenvalue weighted by molar-refractivity contribution is 1.48. The van der Waals surface area contributed by atoms with Crippen molar-refractivity contribution in [2.24, 2.45) is 0 Å². The number of thiophene rings is 2. The molecular formula is C43H25NS2. The van der Waals surface area contributed by atoms with Crippen molar-refractivity contribution < 1.29 is 0 Å². The molecule has 1 nitrogen and oxygen atoms in total. The van der Waals surface area contributed by atoms with E-state index >= 15 is 0 Å². The molecule has 0 fully saturated rings. The Labute approximate surface area is 274 Å². The van der Waals surface area contributed by atoms with Crippen LogP contribution in [0.25, 0.3) is 84.9 Å². The fraction of sp³-hybridized carbons (Fsp3) is 0. The van der Waals surface area contributed by atoms with Crippen LogP contribution in [0.5, 0.6) is 0 Å². The Morgan fingerprint density at radius 2 is 0.826 bits per heavy atom. The highest BCUT2D eigenvalue weighted by Crippen LogP contribution is 2.41. The van der Waals surface area contributed by atoms with Crippen molar-refractivity contribution in [2.45, 2.75) is 0 Å². The molecule has 0 bridgehead atoms. The van der Waals surface area contributed by atoms with E-state index in [0.717, 1.165) is 27.8 Å². The molecule has 214 valence electrons. The number of hydrogen-bond acceptors (Lipinski definition) is 3. The number of nitrogens with zero attached hydrogens (tertiary/aromatic N) is 1. The fourth-order valence-corrected chi connectivity index (χ4v) is 8.77. The van der Waals surface area contributed by atoms with Gasteiger partial charge >= 0.3 is 0 Å². The third-order valence-corrected chi connectivity index (χ3v) is 11.2. The first kappa shape index (κ1) is 26.8. The summed E-state index contributed by atoms with van der Waals surface area (Å²) in [5.41, 5.74) is 9.73. The zero-order chi connectivity index (χ0) is 30.6. The topological polar surface area (TPSA) is 23.8 Å². The van der Waals surface area contributed by atoms with Gasteiger partial charge in [0.1, 0.15) is 0 Å². The van der Waals surface area contributed by atoms with E-state index in [4.69, 9.17) is 0 Å². The molecular weight excluding hydrogens is 595 g/mol. The van der Waals surface area contributed by atoms with Crippen molar-refractivity contribution in [3.8, 4) is 50.6 Å². The van der Waals surface area contributed by atoms with Gasteiger partial charge in [-0.15, -0.1) is 22.7 Å². The standard InChI is InChI=1S/C43H25NS2/c44-26-31-10-4-5-11-35(31)34-21-32(29-15-18-41-37(24-29)36-12-6-7-13-40(36)45-41)20-33(22-34)30-16-19-43-39(25-30)38-23-28(14-17-42(38)46-43)27-8-2-1-3-9-27/h1-25H. The van der Waals surface area contributed by atoms with Gasteiger partial charge in [0.15, 0.2) is 0 Å². The highest BCUT2D eigenvalue weighted by molar-refractivity contribution is 7.26. The first-order valence-corrected chi connectivity index (χ1v) is 16.9. The molecule has 2 aromatic heterocycles. The zero-order valence-electron chi connectivity index (χ0n) is 24.7. The van der Waals surface area contributed by atoms with Crippen molar-refractivity contribution in [1.29, 1.82) is 5.26 Å². The minimum absolute atomic E-state index is 0.678. The van der Waals surface area contributed by atoms with Crippen LogP contribution in [0.1, 0.15) is 5.56 Å². The summed E-state index contributed by atoms with van der Waals surface area (Å²) in [7, 11) is 0. The molecule has 0 atom stereocenters. The van der Waals surface area contributed by atoms with Crippen molar-refractivity contribution >= 4 is 63.0 Å². The van der Waals surface area contributed by atoms with Gasteiger partial charge in [0, 0.05) is 40.3 Å². The lowest BCUT2D eigenvalue weighted by Crippen LogP contribution is -1.89. The van der Waals surface area contributed by atoms with Gasteiger partial charge in [-0.25, -0.2) is 0 Å². The molecule has 0 aliphatic carbocycles. The molecule has 2 heterocycles. The average Bonchev–Trinajstić information content (AvgIpc) is 3.69. The van der Waals surface area contributed by atoms with Gasteiger partial charge in [-0.2, -0.15) is 5.26 Å². The second kappa shape index (κ2) is 10.8. The Hall–Kier alpha value is -5.53. The van der Waals surface area contributed by atoms with E-state index in [1.165, 1.54) is 57.0 Å². The van der Waals surface area contributed by atoms with Crippen LogP contribution in [0, 0.1) is 11.3 Å². The minimum atomic E-state index is 0.678. The van der Waals surface area contributed by atoms with Crippen LogP contribution in [0.15, 0.2) is 152 Å². The van der Waals surface area contributed by atoms with Crippen LogP contribution in [0.3, 0.4) is 0 Å². The van der Waals surface area contributed by atoms with Crippen LogP contribution < -0.4 is 0 Å². The molecule has 0 aliphatic rings. The predicted molar refractivity (Wildman–Crippen MR) is 199 cm³/mol. The summed E-state index contributed by atoms with van der Waals surface area (Å²) in [6, 6.07) is 56.8. The van der Waals surface area contributed by atoms with Gasteiger partial charge in [-0.1, -0.05) is 84.9 Å². The van der Waals surface area contributed by atoms with Gasteiger partial charge in [0.2, 0.25) is 0 Å².